The molecule has 0 aromatic carbocycles. The molecule has 2 aromatic rings. The molecule has 112 valence electrons. The molecule has 0 saturated heterocycles. The van der Waals surface area contributed by atoms with Gasteiger partial charge in [-0.1, -0.05) is 11.6 Å². The SMILES string of the molecule is CCNc1ccc(Cl)c(C(=O)NCCc2nc(C)cs2)n1. The van der Waals surface area contributed by atoms with Gasteiger partial charge in [-0.05, 0) is 26.0 Å². The number of amides is 1. The number of carbonyl (C=O) groups is 1. The van der Waals surface area contributed by atoms with Gasteiger partial charge in [-0.15, -0.1) is 11.3 Å². The fourth-order valence-electron chi connectivity index (χ4n) is 1.77. The van der Waals surface area contributed by atoms with E-state index in [2.05, 4.69) is 20.6 Å². The summed E-state index contributed by atoms with van der Waals surface area (Å²) in [6, 6.07) is 3.42. The Hall–Kier alpha value is -1.66. The third-order valence-corrected chi connectivity index (χ3v) is 4.04. The van der Waals surface area contributed by atoms with E-state index in [0.717, 1.165) is 17.2 Å². The van der Waals surface area contributed by atoms with Crippen molar-refractivity contribution < 1.29 is 4.79 Å². The highest BCUT2D eigenvalue weighted by Gasteiger charge is 2.13. The van der Waals surface area contributed by atoms with Crippen LogP contribution in [0.2, 0.25) is 5.02 Å². The van der Waals surface area contributed by atoms with Crippen molar-refractivity contribution in [2.45, 2.75) is 20.3 Å². The minimum Gasteiger partial charge on any atom is -0.370 e. The molecule has 2 aromatic heterocycles. The number of nitrogens with zero attached hydrogens (tertiary/aromatic N) is 2. The zero-order chi connectivity index (χ0) is 15.2. The lowest BCUT2D eigenvalue weighted by atomic mass is 10.3. The van der Waals surface area contributed by atoms with Crippen LogP contribution in [0.5, 0.6) is 0 Å². The third kappa shape index (κ3) is 4.41. The largest absolute Gasteiger partial charge is 0.370 e. The first-order valence-corrected chi connectivity index (χ1v) is 7.95. The van der Waals surface area contributed by atoms with Gasteiger partial charge in [0, 0.05) is 30.6 Å². The lowest BCUT2D eigenvalue weighted by molar-refractivity contribution is 0.0949. The van der Waals surface area contributed by atoms with E-state index < -0.39 is 0 Å². The molecular formula is C14H17ClN4OS. The van der Waals surface area contributed by atoms with Gasteiger partial charge in [0.25, 0.3) is 5.91 Å². The highest BCUT2D eigenvalue weighted by atomic mass is 35.5. The lowest BCUT2D eigenvalue weighted by Crippen LogP contribution is -2.27. The first-order chi connectivity index (χ1) is 10.1. The number of pyridine rings is 1. The predicted molar refractivity (Wildman–Crippen MR) is 86.3 cm³/mol. The molecule has 2 N–H and O–H groups in total. The molecule has 21 heavy (non-hydrogen) atoms. The van der Waals surface area contributed by atoms with E-state index in [1.807, 2.05) is 19.2 Å². The monoisotopic (exact) mass is 324 g/mol. The standard InChI is InChI=1S/C14H17ClN4OS/c1-3-16-11-5-4-10(15)13(19-11)14(20)17-7-6-12-18-9(2)8-21-12/h4-5,8H,3,6-7H2,1-2H3,(H,16,19)(H,17,20). The number of rotatable bonds is 6. The molecular weight excluding hydrogens is 308 g/mol. The molecule has 0 aliphatic rings. The molecule has 0 aliphatic heterocycles. The van der Waals surface area contributed by atoms with Crippen molar-refractivity contribution in [3.8, 4) is 0 Å². The second-order valence-corrected chi connectivity index (χ2v) is 5.80. The van der Waals surface area contributed by atoms with Gasteiger partial charge in [0.2, 0.25) is 0 Å². The second-order valence-electron chi connectivity index (χ2n) is 4.45. The van der Waals surface area contributed by atoms with Gasteiger partial charge in [-0.3, -0.25) is 4.79 Å². The Bertz CT molecular complexity index is 629. The number of halogens is 1. The van der Waals surface area contributed by atoms with Crippen LogP contribution in [0.25, 0.3) is 0 Å². The molecule has 2 heterocycles. The van der Waals surface area contributed by atoms with Crippen molar-refractivity contribution in [2.24, 2.45) is 0 Å². The number of nitrogens with one attached hydrogen (secondary N) is 2. The van der Waals surface area contributed by atoms with Crippen molar-refractivity contribution in [3.05, 3.63) is 38.9 Å². The molecule has 0 fully saturated rings. The molecule has 0 aliphatic carbocycles. The van der Waals surface area contributed by atoms with E-state index >= 15 is 0 Å². The lowest BCUT2D eigenvalue weighted by Gasteiger charge is -2.08. The Morgan fingerprint density at radius 1 is 1.38 bits per heavy atom. The smallest absolute Gasteiger partial charge is 0.271 e. The van der Waals surface area contributed by atoms with Crippen molar-refractivity contribution in [3.63, 3.8) is 0 Å². The maximum absolute atomic E-state index is 12.1. The Labute approximate surface area is 132 Å². The van der Waals surface area contributed by atoms with Gasteiger partial charge < -0.3 is 10.6 Å². The van der Waals surface area contributed by atoms with Crippen LogP contribution in [0, 0.1) is 6.92 Å². The molecule has 7 heteroatoms. The van der Waals surface area contributed by atoms with Gasteiger partial charge in [0.1, 0.15) is 11.5 Å². The summed E-state index contributed by atoms with van der Waals surface area (Å²) in [6.45, 7) is 5.16. The molecule has 0 bridgehead atoms. The number of carbonyl (C=O) groups excluding carboxylic acids is 1. The molecule has 5 nitrogen and oxygen atoms in total. The summed E-state index contributed by atoms with van der Waals surface area (Å²) in [6.07, 6.45) is 0.703. The molecule has 0 saturated carbocycles. The number of aromatic nitrogens is 2. The maximum atomic E-state index is 12.1. The zero-order valence-electron chi connectivity index (χ0n) is 11.9. The van der Waals surface area contributed by atoms with Crippen LogP contribution < -0.4 is 10.6 Å². The molecule has 1 amide bonds. The first-order valence-electron chi connectivity index (χ1n) is 6.69. The first kappa shape index (κ1) is 15.7. The van der Waals surface area contributed by atoms with E-state index in [0.29, 0.717) is 23.8 Å². The van der Waals surface area contributed by atoms with Gasteiger partial charge in [-0.25, -0.2) is 9.97 Å². The summed E-state index contributed by atoms with van der Waals surface area (Å²) >= 11 is 7.62. The average Bonchev–Trinajstić information content (AvgIpc) is 2.87. The van der Waals surface area contributed by atoms with Crippen molar-refractivity contribution in [1.29, 1.82) is 0 Å². The fraction of sp³-hybridized carbons (Fsp3) is 0.357. The molecule has 2 rings (SSSR count). The van der Waals surface area contributed by atoms with Crippen LogP contribution in [-0.4, -0.2) is 29.0 Å². The van der Waals surface area contributed by atoms with Crippen LogP contribution in [0.1, 0.15) is 28.1 Å². The van der Waals surface area contributed by atoms with E-state index in [1.165, 1.54) is 0 Å². The predicted octanol–water partition coefficient (Wildman–Crippen LogP) is 2.90. The van der Waals surface area contributed by atoms with Crippen molar-refractivity contribution in [1.82, 2.24) is 15.3 Å². The van der Waals surface area contributed by atoms with Gasteiger partial charge >= 0.3 is 0 Å². The van der Waals surface area contributed by atoms with Crippen molar-refractivity contribution >= 4 is 34.7 Å². The normalized spacial score (nSPS) is 10.4. The van der Waals surface area contributed by atoms with Gasteiger partial charge in [-0.2, -0.15) is 0 Å². The number of thiazole rings is 1. The molecule has 0 atom stereocenters. The Balaban J connectivity index is 1.94. The second kappa shape index (κ2) is 7.38. The van der Waals surface area contributed by atoms with Gasteiger partial charge in [0.05, 0.1) is 10.0 Å². The number of hydrogen-bond donors (Lipinski definition) is 2. The Kier molecular flexibility index (Phi) is 5.52. The average molecular weight is 325 g/mol. The summed E-state index contributed by atoms with van der Waals surface area (Å²) < 4.78 is 0. The maximum Gasteiger partial charge on any atom is 0.271 e. The van der Waals surface area contributed by atoms with Crippen LogP contribution in [-0.2, 0) is 6.42 Å². The summed E-state index contributed by atoms with van der Waals surface area (Å²) in [5.74, 6) is 0.371. The van der Waals surface area contributed by atoms with E-state index in [9.17, 15) is 4.79 Å². The van der Waals surface area contributed by atoms with Crippen LogP contribution in [0.4, 0.5) is 5.82 Å². The highest BCUT2D eigenvalue weighted by Crippen LogP contribution is 2.16. The summed E-state index contributed by atoms with van der Waals surface area (Å²) in [7, 11) is 0. The summed E-state index contributed by atoms with van der Waals surface area (Å²) in [5.41, 5.74) is 1.25. The van der Waals surface area contributed by atoms with E-state index in [1.54, 1.807) is 23.5 Å². The fourth-order valence-corrected chi connectivity index (χ4v) is 2.73. The summed E-state index contributed by atoms with van der Waals surface area (Å²) in [5, 5.41) is 9.23. The minimum atomic E-state index is -0.270. The van der Waals surface area contributed by atoms with E-state index in [4.69, 9.17) is 11.6 Å². The Morgan fingerprint density at radius 2 is 2.19 bits per heavy atom. The number of hydrogen-bond acceptors (Lipinski definition) is 5. The molecule has 0 spiro atoms. The highest BCUT2D eigenvalue weighted by molar-refractivity contribution is 7.09. The van der Waals surface area contributed by atoms with Crippen LogP contribution >= 0.6 is 22.9 Å². The van der Waals surface area contributed by atoms with Crippen molar-refractivity contribution in [2.75, 3.05) is 18.4 Å². The topological polar surface area (TPSA) is 66.9 Å². The van der Waals surface area contributed by atoms with E-state index in [-0.39, 0.29) is 11.6 Å². The molecule has 0 radical (unpaired) electrons. The molecule has 0 unspecified atom stereocenters. The third-order valence-electron chi connectivity index (χ3n) is 2.71. The zero-order valence-corrected chi connectivity index (χ0v) is 13.5. The summed E-state index contributed by atoms with van der Waals surface area (Å²) in [4.78, 5) is 20.7. The number of aryl methyl sites for hydroxylation is 1. The quantitative estimate of drug-likeness (QED) is 0.857. The minimum absolute atomic E-state index is 0.241. The Morgan fingerprint density at radius 3 is 2.86 bits per heavy atom. The van der Waals surface area contributed by atoms with Crippen LogP contribution in [0.3, 0.4) is 0 Å². The van der Waals surface area contributed by atoms with Gasteiger partial charge in [0.15, 0.2) is 0 Å². The number of anilines is 1. The van der Waals surface area contributed by atoms with Crippen LogP contribution in [0.15, 0.2) is 17.5 Å².